The van der Waals surface area contributed by atoms with Gasteiger partial charge in [-0.2, -0.15) is 13.2 Å². The van der Waals surface area contributed by atoms with Crippen molar-refractivity contribution in [2.45, 2.75) is 97.0 Å². The number of carbonyl (C=O) groups is 4. The summed E-state index contributed by atoms with van der Waals surface area (Å²) in [6.45, 7) is 6.85. The largest absolute Gasteiger partial charge is 0.469 e. The van der Waals surface area contributed by atoms with Gasteiger partial charge in [-0.05, 0) is 31.1 Å². The highest BCUT2D eigenvalue weighted by atomic mass is 32.1. The molecule has 11 nitrogen and oxygen atoms in total. The Hall–Kier alpha value is -3.62. The molecule has 1 saturated carbocycles. The Bertz CT molecular complexity index is 1350. The van der Waals surface area contributed by atoms with Crippen LogP contribution in [-0.4, -0.2) is 69.8 Å². The predicted molar refractivity (Wildman–Crippen MR) is 162 cm³/mol. The average molecular weight is 670 g/mol. The molecule has 2 aromatic rings. The highest BCUT2D eigenvalue weighted by Crippen LogP contribution is 2.33. The number of thiazole rings is 1. The number of carbonyl (C=O) groups excluding carboxylic acids is 4. The molecule has 0 aromatic carbocycles. The molecule has 1 aliphatic carbocycles. The van der Waals surface area contributed by atoms with Crippen molar-refractivity contribution >= 4 is 35.1 Å². The number of hydrogen-bond acceptors (Lipinski definition) is 10. The van der Waals surface area contributed by atoms with E-state index >= 15 is 0 Å². The number of esters is 2. The Labute approximate surface area is 270 Å². The van der Waals surface area contributed by atoms with Gasteiger partial charge in [0.25, 0.3) is 5.91 Å². The molecule has 0 aliphatic heterocycles. The van der Waals surface area contributed by atoms with Crippen molar-refractivity contribution in [2.24, 2.45) is 17.8 Å². The summed E-state index contributed by atoms with van der Waals surface area (Å²) in [4.78, 5) is 64.3. The SMILES string of the molecule is COC(=O)C(C)CC(Cc1ncc(C(F)(F)F)cn1)NC(=O)c1csc(C(CC(C(C)C)N(C)C(=O)CC2CCC2)OC(C)=O)n1. The minimum atomic E-state index is -4.60. The van der Waals surface area contributed by atoms with Crippen molar-refractivity contribution < 1.29 is 41.8 Å². The maximum atomic E-state index is 13.3. The van der Waals surface area contributed by atoms with Gasteiger partial charge in [-0.15, -0.1) is 11.3 Å². The minimum absolute atomic E-state index is 0.0247. The lowest BCUT2D eigenvalue weighted by atomic mass is 9.82. The molecule has 2 heterocycles. The van der Waals surface area contributed by atoms with Crippen LogP contribution >= 0.6 is 11.3 Å². The van der Waals surface area contributed by atoms with Crippen LogP contribution in [0.25, 0.3) is 0 Å². The smallest absolute Gasteiger partial charge is 0.419 e. The predicted octanol–water partition coefficient (Wildman–Crippen LogP) is 5.16. The highest BCUT2D eigenvalue weighted by Gasteiger charge is 2.33. The lowest BCUT2D eigenvalue weighted by Gasteiger charge is -2.35. The molecular formula is C31H42F3N5O6S. The van der Waals surface area contributed by atoms with Crippen LogP contribution in [-0.2, 0) is 36.5 Å². The van der Waals surface area contributed by atoms with Crippen molar-refractivity contribution in [1.82, 2.24) is 25.2 Å². The van der Waals surface area contributed by atoms with E-state index in [4.69, 9.17) is 9.47 Å². The van der Waals surface area contributed by atoms with E-state index in [1.54, 1.807) is 18.9 Å². The van der Waals surface area contributed by atoms with Gasteiger partial charge < -0.3 is 19.7 Å². The molecule has 2 amide bonds. The van der Waals surface area contributed by atoms with Gasteiger partial charge in [-0.1, -0.05) is 27.2 Å². The van der Waals surface area contributed by atoms with Crippen LogP contribution in [0, 0.1) is 17.8 Å². The summed E-state index contributed by atoms with van der Waals surface area (Å²) in [5.74, 6) is -1.80. The number of aromatic nitrogens is 3. The van der Waals surface area contributed by atoms with E-state index in [1.165, 1.54) is 19.4 Å². The van der Waals surface area contributed by atoms with Crippen molar-refractivity contribution in [1.29, 1.82) is 0 Å². The second-order valence-electron chi connectivity index (χ2n) is 12.1. The Morgan fingerprint density at radius 3 is 2.28 bits per heavy atom. The summed E-state index contributed by atoms with van der Waals surface area (Å²) in [6, 6.07) is -1.01. The van der Waals surface area contributed by atoms with Crippen LogP contribution in [0.2, 0.25) is 0 Å². The topological polar surface area (TPSA) is 141 Å². The van der Waals surface area contributed by atoms with Gasteiger partial charge in [0, 0.05) is 63.1 Å². The zero-order valence-electron chi connectivity index (χ0n) is 26.9. The molecule has 254 valence electrons. The number of nitrogens with one attached hydrogen (secondary N) is 1. The number of halogens is 3. The van der Waals surface area contributed by atoms with Crippen LogP contribution < -0.4 is 5.32 Å². The lowest BCUT2D eigenvalue weighted by Crippen LogP contribution is -2.42. The molecular weight excluding hydrogens is 627 g/mol. The fourth-order valence-electron chi connectivity index (χ4n) is 5.31. The first-order chi connectivity index (χ1) is 21.6. The molecule has 0 spiro atoms. The third-order valence-electron chi connectivity index (χ3n) is 8.18. The summed E-state index contributed by atoms with van der Waals surface area (Å²) < 4.78 is 49.3. The van der Waals surface area contributed by atoms with E-state index in [9.17, 15) is 32.3 Å². The van der Waals surface area contributed by atoms with Crippen molar-refractivity contribution in [3.05, 3.63) is 39.9 Å². The highest BCUT2D eigenvalue weighted by molar-refractivity contribution is 7.09. The van der Waals surface area contributed by atoms with Crippen LogP contribution in [0.4, 0.5) is 13.2 Å². The van der Waals surface area contributed by atoms with Gasteiger partial charge in [0.15, 0.2) is 6.10 Å². The molecule has 3 rings (SSSR count). The monoisotopic (exact) mass is 669 g/mol. The fourth-order valence-corrected chi connectivity index (χ4v) is 6.15. The molecule has 0 bridgehead atoms. The van der Waals surface area contributed by atoms with Gasteiger partial charge in [0.05, 0.1) is 18.6 Å². The summed E-state index contributed by atoms with van der Waals surface area (Å²) >= 11 is 1.12. The van der Waals surface area contributed by atoms with Crippen LogP contribution in [0.3, 0.4) is 0 Å². The maximum absolute atomic E-state index is 13.3. The van der Waals surface area contributed by atoms with E-state index in [2.05, 4.69) is 20.3 Å². The molecule has 1 fully saturated rings. The second kappa shape index (κ2) is 16.3. The summed E-state index contributed by atoms with van der Waals surface area (Å²) in [6.07, 6.45) is -0.0706. The fraction of sp³-hybridized carbons (Fsp3) is 0.645. The molecule has 46 heavy (non-hydrogen) atoms. The molecule has 4 atom stereocenters. The Kier molecular flexibility index (Phi) is 13.0. The Morgan fingerprint density at radius 2 is 1.76 bits per heavy atom. The number of methoxy groups -OCH3 is 1. The van der Waals surface area contributed by atoms with Crippen LogP contribution in [0.1, 0.15) is 99.2 Å². The normalized spacial score (nSPS) is 16.1. The van der Waals surface area contributed by atoms with Crippen LogP contribution in [0.5, 0.6) is 0 Å². The summed E-state index contributed by atoms with van der Waals surface area (Å²) in [5, 5.41) is 4.66. The summed E-state index contributed by atoms with van der Waals surface area (Å²) in [5.41, 5.74) is -0.984. The van der Waals surface area contributed by atoms with Gasteiger partial charge in [-0.3, -0.25) is 19.2 Å². The number of hydrogen-bond donors (Lipinski definition) is 1. The zero-order chi connectivity index (χ0) is 34.2. The molecule has 15 heteroatoms. The standard InChI is InChI=1S/C31H42F3N5O6S/c1-17(2)24(39(5)27(41)11-20-8-7-9-20)13-25(45-19(4)40)29-38-23(16-46-29)28(42)37-22(10-18(3)30(43)44-6)12-26-35-14-21(15-36-26)31(32,33)34/h14-18,20,22,24-25H,7-13H2,1-6H3,(H,37,42). The molecule has 1 N–H and O–H groups in total. The third-order valence-corrected chi connectivity index (χ3v) is 9.12. The number of nitrogens with zero attached hydrogens (tertiary/aromatic N) is 4. The number of amides is 2. The van der Waals surface area contributed by atoms with Crippen molar-refractivity contribution in [3.63, 3.8) is 0 Å². The Morgan fingerprint density at radius 1 is 1.11 bits per heavy atom. The van der Waals surface area contributed by atoms with Crippen molar-refractivity contribution in [3.8, 4) is 0 Å². The van der Waals surface area contributed by atoms with Gasteiger partial charge in [-0.25, -0.2) is 15.0 Å². The number of ether oxygens (including phenoxy) is 2. The second-order valence-corrected chi connectivity index (χ2v) is 13.0. The van der Waals surface area contributed by atoms with Crippen LogP contribution in [0.15, 0.2) is 17.8 Å². The van der Waals surface area contributed by atoms with E-state index in [0.717, 1.165) is 30.6 Å². The Balaban J connectivity index is 1.78. The molecule has 4 unspecified atom stereocenters. The quantitative estimate of drug-likeness (QED) is 0.255. The van der Waals surface area contributed by atoms with Crippen molar-refractivity contribution in [2.75, 3.05) is 14.2 Å². The minimum Gasteiger partial charge on any atom is -0.469 e. The van der Waals surface area contributed by atoms with E-state index in [-0.39, 0.29) is 48.6 Å². The van der Waals surface area contributed by atoms with E-state index in [1.807, 2.05) is 13.8 Å². The molecule has 1 aliphatic rings. The zero-order valence-corrected chi connectivity index (χ0v) is 27.7. The average Bonchev–Trinajstić information content (AvgIpc) is 3.46. The lowest BCUT2D eigenvalue weighted by molar-refractivity contribution is -0.149. The number of alkyl halides is 3. The van der Waals surface area contributed by atoms with E-state index in [0.29, 0.717) is 29.7 Å². The van der Waals surface area contributed by atoms with E-state index < -0.39 is 47.6 Å². The first-order valence-electron chi connectivity index (χ1n) is 15.2. The van der Waals surface area contributed by atoms with Gasteiger partial charge in [0.1, 0.15) is 16.5 Å². The third kappa shape index (κ3) is 10.5. The molecule has 0 radical (unpaired) electrons. The van der Waals surface area contributed by atoms with Gasteiger partial charge in [0.2, 0.25) is 5.91 Å². The maximum Gasteiger partial charge on any atom is 0.419 e. The number of rotatable bonds is 15. The molecule has 2 aromatic heterocycles. The summed E-state index contributed by atoms with van der Waals surface area (Å²) in [7, 11) is 2.99. The first-order valence-corrected chi connectivity index (χ1v) is 16.1. The molecule has 0 saturated heterocycles. The first kappa shape index (κ1) is 36.8. The van der Waals surface area contributed by atoms with Gasteiger partial charge >= 0.3 is 18.1 Å².